The first-order valence-corrected chi connectivity index (χ1v) is 9.54. The van der Waals surface area contributed by atoms with E-state index in [2.05, 4.69) is 74.1 Å². The largest absolute Gasteiger partial charge is 0.496 e. The van der Waals surface area contributed by atoms with Crippen molar-refractivity contribution in [1.29, 1.82) is 0 Å². The molecule has 3 heteroatoms. The Bertz CT molecular complexity index is 667. The molecule has 2 aromatic carbocycles. The molecular weight excluding hydrogens is 320 g/mol. The third-order valence-electron chi connectivity index (χ3n) is 4.49. The molecule has 0 spiro atoms. The number of rotatable bonds is 10. The van der Waals surface area contributed by atoms with Crippen LogP contribution in [-0.4, -0.2) is 44.1 Å². The number of hydrogen-bond acceptors (Lipinski definition) is 3. The first-order chi connectivity index (χ1) is 12.5. The third-order valence-corrected chi connectivity index (χ3v) is 4.49. The maximum Gasteiger partial charge on any atom is 0.123 e. The maximum atomic E-state index is 5.55. The van der Waals surface area contributed by atoms with E-state index in [4.69, 9.17) is 4.74 Å². The molecule has 0 N–H and O–H groups in total. The lowest BCUT2D eigenvalue weighted by Crippen LogP contribution is -2.31. The van der Waals surface area contributed by atoms with Crippen molar-refractivity contribution in [3.8, 4) is 5.75 Å². The van der Waals surface area contributed by atoms with E-state index < -0.39 is 0 Å². The van der Waals surface area contributed by atoms with Crippen LogP contribution in [0.5, 0.6) is 5.75 Å². The molecule has 3 nitrogen and oxygen atoms in total. The lowest BCUT2D eigenvalue weighted by atomic mass is 10.0. The van der Waals surface area contributed by atoms with E-state index in [0.717, 1.165) is 38.3 Å². The van der Waals surface area contributed by atoms with Gasteiger partial charge in [-0.3, -0.25) is 4.90 Å². The average Bonchev–Trinajstić information content (AvgIpc) is 2.60. The van der Waals surface area contributed by atoms with Crippen LogP contribution < -0.4 is 4.74 Å². The molecule has 0 bridgehead atoms. The number of nitrogens with zero attached hydrogens (tertiary/aromatic N) is 2. The minimum atomic E-state index is 0.684. The predicted molar refractivity (Wildman–Crippen MR) is 111 cm³/mol. The summed E-state index contributed by atoms with van der Waals surface area (Å²) in [6.45, 7) is 8.47. The fourth-order valence-corrected chi connectivity index (χ4v) is 3.21. The standard InChI is InChI=1S/C23H34N2O/c1-19(2)15-20-9-8-10-21(16-20)17-25(14-13-24(3)4)18-22-11-6-7-12-23(22)26-5/h6-12,16,19H,13-15,17-18H2,1-5H3. The minimum Gasteiger partial charge on any atom is -0.496 e. The summed E-state index contributed by atoms with van der Waals surface area (Å²) in [7, 11) is 6.01. The van der Waals surface area contributed by atoms with Crippen LogP contribution >= 0.6 is 0 Å². The van der Waals surface area contributed by atoms with Gasteiger partial charge in [0, 0.05) is 31.7 Å². The Balaban J connectivity index is 2.14. The molecule has 2 aromatic rings. The molecule has 0 amide bonds. The molecule has 0 aliphatic heterocycles. The summed E-state index contributed by atoms with van der Waals surface area (Å²) in [6, 6.07) is 17.4. The van der Waals surface area contributed by atoms with Gasteiger partial charge < -0.3 is 9.64 Å². The van der Waals surface area contributed by atoms with Gasteiger partial charge in [0.15, 0.2) is 0 Å². The Kier molecular flexibility index (Phi) is 8.14. The topological polar surface area (TPSA) is 15.7 Å². The van der Waals surface area contributed by atoms with Gasteiger partial charge in [-0.2, -0.15) is 0 Å². The van der Waals surface area contributed by atoms with Gasteiger partial charge in [0.25, 0.3) is 0 Å². The SMILES string of the molecule is COc1ccccc1CN(CCN(C)C)Cc1cccc(CC(C)C)c1. The van der Waals surface area contributed by atoms with Crippen LogP contribution in [0.2, 0.25) is 0 Å². The highest BCUT2D eigenvalue weighted by atomic mass is 16.5. The van der Waals surface area contributed by atoms with Gasteiger partial charge in [0.05, 0.1) is 7.11 Å². The smallest absolute Gasteiger partial charge is 0.123 e. The summed E-state index contributed by atoms with van der Waals surface area (Å²) in [4.78, 5) is 4.75. The van der Waals surface area contributed by atoms with Crippen LogP contribution in [0.1, 0.15) is 30.5 Å². The van der Waals surface area contributed by atoms with Crippen molar-refractivity contribution in [2.45, 2.75) is 33.4 Å². The quantitative estimate of drug-likeness (QED) is 0.626. The van der Waals surface area contributed by atoms with Crippen LogP contribution in [0.3, 0.4) is 0 Å². The molecule has 0 fully saturated rings. The summed E-state index contributed by atoms with van der Waals surface area (Å²) in [5, 5.41) is 0. The second kappa shape index (κ2) is 10.3. The molecule has 0 saturated heterocycles. The van der Waals surface area contributed by atoms with Crippen molar-refractivity contribution < 1.29 is 4.74 Å². The van der Waals surface area contributed by atoms with E-state index in [0.29, 0.717) is 5.92 Å². The van der Waals surface area contributed by atoms with Gasteiger partial charge in [-0.05, 0) is 43.6 Å². The molecule has 26 heavy (non-hydrogen) atoms. The minimum absolute atomic E-state index is 0.684. The van der Waals surface area contributed by atoms with Gasteiger partial charge in [-0.1, -0.05) is 56.3 Å². The monoisotopic (exact) mass is 354 g/mol. The van der Waals surface area contributed by atoms with E-state index in [1.54, 1.807) is 7.11 Å². The second-order valence-electron chi connectivity index (χ2n) is 7.74. The van der Waals surface area contributed by atoms with Crippen LogP contribution in [0, 0.1) is 5.92 Å². The zero-order valence-electron chi connectivity index (χ0n) is 17.0. The maximum absolute atomic E-state index is 5.55. The molecule has 142 valence electrons. The van der Waals surface area contributed by atoms with E-state index >= 15 is 0 Å². The Morgan fingerprint density at radius 2 is 1.62 bits per heavy atom. The molecule has 0 aliphatic carbocycles. The first-order valence-electron chi connectivity index (χ1n) is 9.54. The highest BCUT2D eigenvalue weighted by molar-refractivity contribution is 5.33. The van der Waals surface area contributed by atoms with E-state index in [1.807, 2.05) is 12.1 Å². The van der Waals surface area contributed by atoms with Crippen molar-refractivity contribution in [2.24, 2.45) is 5.92 Å². The number of hydrogen-bond donors (Lipinski definition) is 0. The van der Waals surface area contributed by atoms with Gasteiger partial charge in [-0.15, -0.1) is 0 Å². The molecule has 0 saturated carbocycles. The highest BCUT2D eigenvalue weighted by Gasteiger charge is 2.11. The number of para-hydroxylation sites is 1. The van der Waals surface area contributed by atoms with Gasteiger partial charge in [0.2, 0.25) is 0 Å². The van der Waals surface area contributed by atoms with E-state index in [9.17, 15) is 0 Å². The second-order valence-corrected chi connectivity index (χ2v) is 7.74. The van der Waals surface area contributed by atoms with Gasteiger partial charge in [0.1, 0.15) is 5.75 Å². The van der Waals surface area contributed by atoms with Crippen LogP contribution in [0.15, 0.2) is 48.5 Å². The van der Waals surface area contributed by atoms with Crippen molar-refractivity contribution in [1.82, 2.24) is 9.80 Å². The zero-order valence-corrected chi connectivity index (χ0v) is 17.0. The molecule has 0 heterocycles. The summed E-state index contributed by atoms with van der Waals surface area (Å²) in [6.07, 6.45) is 1.14. The average molecular weight is 355 g/mol. The van der Waals surface area contributed by atoms with Crippen molar-refractivity contribution in [3.63, 3.8) is 0 Å². The number of methoxy groups -OCH3 is 1. The molecule has 0 unspecified atom stereocenters. The molecule has 2 rings (SSSR count). The Labute approximate surface area is 159 Å². The molecule has 0 aliphatic rings. The first kappa shape index (κ1) is 20.5. The normalized spacial score (nSPS) is 11.5. The predicted octanol–water partition coefficient (Wildman–Crippen LogP) is 4.46. The highest BCUT2D eigenvalue weighted by Crippen LogP contribution is 2.21. The summed E-state index contributed by atoms with van der Waals surface area (Å²) in [5.74, 6) is 1.65. The van der Waals surface area contributed by atoms with Gasteiger partial charge >= 0.3 is 0 Å². The Morgan fingerprint density at radius 3 is 2.31 bits per heavy atom. The van der Waals surface area contributed by atoms with Crippen LogP contribution in [-0.2, 0) is 19.5 Å². The number of ether oxygens (including phenoxy) is 1. The van der Waals surface area contributed by atoms with Crippen molar-refractivity contribution in [2.75, 3.05) is 34.3 Å². The molecule has 0 atom stereocenters. The molecule has 0 radical (unpaired) electrons. The summed E-state index contributed by atoms with van der Waals surface area (Å²) < 4.78 is 5.55. The van der Waals surface area contributed by atoms with Gasteiger partial charge in [-0.25, -0.2) is 0 Å². The molecule has 0 aromatic heterocycles. The van der Waals surface area contributed by atoms with Crippen molar-refractivity contribution in [3.05, 3.63) is 65.2 Å². The van der Waals surface area contributed by atoms with Crippen molar-refractivity contribution >= 4 is 0 Å². The number of likely N-dealkylation sites (N-methyl/N-ethyl adjacent to an activating group) is 1. The fraction of sp³-hybridized carbons (Fsp3) is 0.478. The van der Waals surface area contributed by atoms with Crippen LogP contribution in [0.4, 0.5) is 0 Å². The number of benzene rings is 2. The summed E-state index contributed by atoms with van der Waals surface area (Å²) in [5.41, 5.74) is 4.06. The lowest BCUT2D eigenvalue weighted by molar-refractivity contribution is 0.223. The molecular formula is C23H34N2O. The third kappa shape index (κ3) is 6.81. The lowest BCUT2D eigenvalue weighted by Gasteiger charge is -2.25. The van der Waals surface area contributed by atoms with E-state index in [1.165, 1.54) is 16.7 Å². The Hall–Kier alpha value is -1.84. The van der Waals surface area contributed by atoms with E-state index in [-0.39, 0.29) is 0 Å². The zero-order chi connectivity index (χ0) is 18.9. The Morgan fingerprint density at radius 1 is 0.885 bits per heavy atom. The van der Waals surface area contributed by atoms with Crippen LogP contribution in [0.25, 0.3) is 0 Å². The fourth-order valence-electron chi connectivity index (χ4n) is 3.21. The summed E-state index contributed by atoms with van der Waals surface area (Å²) >= 11 is 0.